The molecule has 0 amide bonds. The third kappa shape index (κ3) is 2.14. The number of rotatable bonds is 3. The summed E-state index contributed by atoms with van der Waals surface area (Å²) in [6.45, 7) is 0. The second-order valence-corrected chi connectivity index (χ2v) is 5.11. The van der Waals surface area contributed by atoms with Crippen LogP contribution in [0.3, 0.4) is 0 Å². The molecule has 2 N–H and O–H groups in total. The van der Waals surface area contributed by atoms with Gasteiger partial charge in [-0.15, -0.1) is 0 Å². The van der Waals surface area contributed by atoms with E-state index in [0.29, 0.717) is 23.2 Å². The fraction of sp³-hybridized carbons (Fsp3) is 0.188. The van der Waals surface area contributed by atoms with Gasteiger partial charge >= 0.3 is 5.97 Å². The van der Waals surface area contributed by atoms with Gasteiger partial charge in [-0.1, -0.05) is 18.2 Å². The molecule has 3 nitrogen and oxygen atoms in total. The molecule has 5 heteroatoms. The first-order valence-corrected chi connectivity index (χ1v) is 6.58. The minimum absolute atomic E-state index is 0.217. The molecular formula is C16H13F2NO2. The van der Waals surface area contributed by atoms with Crippen LogP contribution in [0.2, 0.25) is 0 Å². The summed E-state index contributed by atoms with van der Waals surface area (Å²) < 4.78 is 27.1. The lowest BCUT2D eigenvalue weighted by Gasteiger charge is -2.28. The molecule has 1 aliphatic carbocycles. The Hall–Kier alpha value is -2.43. The topological polar surface area (TPSA) is 49.3 Å². The Morgan fingerprint density at radius 2 is 1.95 bits per heavy atom. The van der Waals surface area contributed by atoms with Gasteiger partial charge in [-0.3, -0.25) is 0 Å². The Labute approximate surface area is 120 Å². The Morgan fingerprint density at radius 3 is 2.67 bits per heavy atom. The third-order valence-corrected chi connectivity index (χ3v) is 3.88. The molecule has 1 unspecified atom stereocenters. The van der Waals surface area contributed by atoms with Gasteiger partial charge in [-0.05, 0) is 48.2 Å². The highest BCUT2D eigenvalue weighted by Gasteiger charge is 2.46. The van der Waals surface area contributed by atoms with Crippen molar-refractivity contribution in [2.24, 2.45) is 0 Å². The summed E-state index contributed by atoms with van der Waals surface area (Å²) in [7, 11) is 0. The molecular weight excluding hydrogens is 276 g/mol. The minimum Gasteiger partial charge on any atom is -0.479 e. The Morgan fingerprint density at radius 1 is 1.19 bits per heavy atom. The summed E-state index contributed by atoms with van der Waals surface area (Å²) in [5, 5.41) is 12.5. The van der Waals surface area contributed by atoms with Gasteiger partial charge in [-0.2, -0.15) is 0 Å². The van der Waals surface area contributed by atoms with Crippen molar-refractivity contribution in [3.05, 3.63) is 65.2 Å². The number of aliphatic carboxylic acids is 1. The number of carbonyl (C=O) groups is 1. The van der Waals surface area contributed by atoms with E-state index < -0.39 is 23.1 Å². The first-order valence-electron chi connectivity index (χ1n) is 6.58. The summed E-state index contributed by atoms with van der Waals surface area (Å²) in [5.74, 6) is -1.97. The molecule has 0 saturated heterocycles. The lowest BCUT2D eigenvalue weighted by molar-refractivity contribution is -0.142. The quantitative estimate of drug-likeness (QED) is 0.911. The van der Waals surface area contributed by atoms with Crippen molar-refractivity contribution in [1.82, 2.24) is 0 Å². The molecule has 0 spiro atoms. The van der Waals surface area contributed by atoms with Crippen LogP contribution < -0.4 is 5.32 Å². The van der Waals surface area contributed by atoms with E-state index in [1.165, 1.54) is 30.3 Å². The van der Waals surface area contributed by atoms with Crippen molar-refractivity contribution in [3.8, 4) is 0 Å². The van der Waals surface area contributed by atoms with E-state index in [-0.39, 0.29) is 6.42 Å². The summed E-state index contributed by atoms with van der Waals surface area (Å²) >= 11 is 0. The lowest BCUT2D eigenvalue weighted by atomic mass is 9.91. The molecule has 0 heterocycles. The summed E-state index contributed by atoms with van der Waals surface area (Å²) in [5.41, 5.74) is -0.261. The van der Waals surface area contributed by atoms with Crippen LogP contribution in [-0.2, 0) is 16.8 Å². The standard InChI is InChI=1S/C16H13F2NO2/c17-10-3-1-4-11(9-10)19-16(15(20)21)8-7-12-13(16)5-2-6-14(12)18/h1-6,9,19H,7-8H2,(H,20,21). The summed E-state index contributed by atoms with van der Waals surface area (Å²) in [6.07, 6.45) is 0.547. The van der Waals surface area contributed by atoms with Crippen LogP contribution in [-0.4, -0.2) is 11.1 Å². The van der Waals surface area contributed by atoms with E-state index in [2.05, 4.69) is 5.32 Å². The number of carboxylic acids is 1. The highest BCUT2D eigenvalue weighted by molar-refractivity contribution is 5.86. The third-order valence-electron chi connectivity index (χ3n) is 3.88. The zero-order valence-corrected chi connectivity index (χ0v) is 11.1. The molecule has 0 aromatic heterocycles. The number of nitrogens with one attached hydrogen (secondary N) is 1. The van der Waals surface area contributed by atoms with Crippen molar-refractivity contribution in [3.63, 3.8) is 0 Å². The van der Waals surface area contributed by atoms with Gasteiger partial charge < -0.3 is 10.4 Å². The van der Waals surface area contributed by atoms with Gasteiger partial charge in [0.25, 0.3) is 0 Å². The van der Waals surface area contributed by atoms with E-state index in [9.17, 15) is 18.7 Å². The normalized spacial score (nSPS) is 20.1. The summed E-state index contributed by atoms with van der Waals surface area (Å²) in [6, 6.07) is 10.00. The van der Waals surface area contributed by atoms with Crippen LogP contribution in [0, 0.1) is 11.6 Å². The van der Waals surface area contributed by atoms with Crippen LogP contribution in [0.1, 0.15) is 17.5 Å². The zero-order valence-electron chi connectivity index (χ0n) is 11.1. The van der Waals surface area contributed by atoms with E-state index in [4.69, 9.17) is 0 Å². The van der Waals surface area contributed by atoms with Gasteiger partial charge in [0.05, 0.1) is 0 Å². The molecule has 0 bridgehead atoms. The number of hydrogen-bond donors (Lipinski definition) is 2. The molecule has 1 aliphatic rings. The molecule has 0 fully saturated rings. The number of fused-ring (bicyclic) bond motifs is 1. The van der Waals surface area contributed by atoms with E-state index in [1.54, 1.807) is 12.1 Å². The predicted octanol–water partition coefficient (Wildman–Crippen LogP) is 3.30. The molecule has 0 radical (unpaired) electrons. The predicted molar refractivity (Wildman–Crippen MR) is 74.1 cm³/mol. The second-order valence-electron chi connectivity index (χ2n) is 5.11. The molecule has 3 rings (SSSR count). The maximum absolute atomic E-state index is 13.8. The van der Waals surface area contributed by atoms with Crippen molar-refractivity contribution in [1.29, 1.82) is 0 Å². The number of benzene rings is 2. The van der Waals surface area contributed by atoms with Gasteiger partial charge in [0.1, 0.15) is 11.6 Å². The second kappa shape index (κ2) is 4.84. The van der Waals surface area contributed by atoms with Crippen LogP contribution in [0.25, 0.3) is 0 Å². The van der Waals surface area contributed by atoms with Crippen LogP contribution in [0.15, 0.2) is 42.5 Å². The largest absolute Gasteiger partial charge is 0.479 e. The summed E-state index contributed by atoms with van der Waals surface area (Å²) in [4.78, 5) is 11.8. The van der Waals surface area contributed by atoms with E-state index in [0.717, 1.165) is 0 Å². The number of anilines is 1. The van der Waals surface area contributed by atoms with Crippen LogP contribution >= 0.6 is 0 Å². The highest BCUT2D eigenvalue weighted by atomic mass is 19.1. The van der Waals surface area contributed by atoms with Gasteiger partial charge in [-0.25, -0.2) is 13.6 Å². The molecule has 1 atom stereocenters. The smallest absolute Gasteiger partial charge is 0.334 e. The highest BCUT2D eigenvalue weighted by Crippen LogP contribution is 2.41. The maximum atomic E-state index is 13.8. The first kappa shape index (κ1) is 13.5. The zero-order chi connectivity index (χ0) is 15.0. The number of hydrogen-bond acceptors (Lipinski definition) is 2. The Kier molecular flexibility index (Phi) is 3.12. The fourth-order valence-corrected chi connectivity index (χ4v) is 2.88. The van der Waals surface area contributed by atoms with E-state index in [1.807, 2.05) is 0 Å². The molecule has 0 aliphatic heterocycles. The van der Waals surface area contributed by atoms with Gasteiger partial charge in [0.15, 0.2) is 5.54 Å². The molecule has 2 aromatic rings. The van der Waals surface area contributed by atoms with Crippen molar-refractivity contribution in [2.45, 2.75) is 18.4 Å². The monoisotopic (exact) mass is 289 g/mol. The first-order chi connectivity index (χ1) is 10.0. The van der Waals surface area contributed by atoms with Crippen molar-refractivity contribution < 1.29 is 18.7 Å². The molecule has 21 heavy (non-hydrogen) atoms. The molecule has 108 valence electrons. The average molecular weight is 289 g/mol. The number of carboxylic acid groups (broad SMARTS) is 1. The molecule has 2 aromatic carbocycles. The van der Waals surface area contributed by atoms with Crippen molar-refractivity contribution >= 4 is 11.7 Å². The van der Waals surface area contributed by atoms with Crippen LogP contribution in [0.5, 0.6) is 0 Å². The molecule has 0 saturated carbocycles. The van der Waals surface area contributed by atoms with Crippen molar-refractivity contribution in [2.75, 3.05) is 5.32 Å². The Balaban J connectivity index is 2.08. The van der Waals surface area contributed by atoms with Gasteiger partial charge in [0.2, 0.25) is 0 Å². The van der Waals surface area contributed by atoms with Crippen LogP contribution in [0.4, 0.5) is 14.5 Å². The maximum Gasteiger partial charge on any atom is 0.334 e. The lowest BCUT2D eigenvalue weighted by Crippen LogP contribution is -2.41. The van der Waals surface area contributed by atoms with E-state index >= 15 is 0 Å². The fourth-order valence-electron chi connectivity index (χ4n) is 2.88. The average Bonchev–Trinajstić information content (AvgIpc) is 2.81. The Bertz CT molecular complexity index is 717. The van der Waals surface area contributed by atoms with Gasteiger partial charge in [0, 0.05) is 5.69 Å². The number of halogens is 2. The SMILES string of the molecule is O=C(O)C1(Nc2cccc(F)c2)CCc2c(F)cccc21. The minimum atomic E-state index is -1.43.